The molecule has 0 fully saturated rings. The maximum Gasteiger partial charge on any atom is 0.340 e. The summed E-state index contributed by atoms with van der Waals surface area (Å²) in [7, 11) is 0. The van der Waals surface area contributed by atoms with Crippen molar-refractivity contribution in [2.24, 2.45) is 0 Å². The Balaban J connectivity index is 3.56. The van der Waals surface area contributed by atoms with Gasteiger partial charge >= 0.3 is 5.97 Å². The van der Waals surface area contributed by atoms with E-state index < -0.39 is 5.97 Å². The van der Waals surface area contributed by atoms with Crippen LogP contribution in [0, 0.1) is 6.92 Å². The molecular formula is C17H27ClN2O2. The molecule has 0 saturated carbocycles. The average molecular weight is 327 g/mol. The number of nitrogens with zero attached hydrogens (tertiary/aromatic N) is 2. The number of halogens is 1. The van der Waals surface area contributed by atoms with Crippen LogP contribution < -0.4 is 4.90 Å². The molecule has 1 rings (SSSR count). The molecule has 0 bridgehead atoms. The summed E-state index contributed by atoms with van der Waals surface area (Å²) in [4.78, 5) is 18.1. The van der Waals surface area contributed by atoms with E-state index in [1.165, 1.54) is 0 Å². The van der Waals surface area contributed by atoms with Crippen molar-refractivity contribution in [1.29, 1.82) is 0 Å². The highest BCUT2D eigenvalue weighted by molar-refractivity contribution is 6.33. The van der Waals surface area contributed by atoms with Gasteiger partial charge in [-0.05, 0) is 38.7 Å². The van der Waals surface area contributed by atoms with Crippen LogP contribution in [0.25, 0.3) is 0 Å². The smallest absolute Gasteiger partial charge is 0.340 e. The lowest BCUT2D eigenvalue weighted by Gasteiger charge is -2.40. The fourth-order valence-corrected chi connectivity index (χ4v) is 3.39. The largest absolute Gasteiger partial charge is 0.478 e. The Morgan fingerprint density at radius 1 is 1.18 bits per heavy atom. The van der Waals surface area contributed by atoms with Crippen LogP contribution in [0.5, 0.6) is 0 Å². The molecular weight excluding hydrogens is 300 g/mol. The molecule has 4 nitrogen and oxygen atoms in total. The standard InChI is InChI=1S/C17H27ClN2O2/c1-6-12(7-2)20(13(8-3)9-4)14-10-11(5)19-16(18)15(14)17(21)22/h10,12-13H,6-9H2,1-5H3,(H,21,22). The molecule has 0 unspecified atom stereocenters. The van der Waals surface area contributed by atoms with E-state index in [1.54, 1.807) is 0 Å². The van der Waals surface area contributed by atoms with Crippen LogP contribution in [0.4, 0.5) is 5.69 Å². The van der Waals surface area contributed by atoms with Crippen LogP contribution in [0.2, 0.25) is 5.15 Å². The van der Waals surface area contributed by atoms with Gasteiger partial charge in [0.2, 0.25) is 0 Å². The Labute approximate surface area is 138 Å². The van der Waals surface area contributed by atoms with Crippen molar-refractivity contribution in [2.45, 2.75) is 72.4 Å². The first kappa shape index (κ1) is 18.8. The van der Waals surface area contributed by atoms with Gasteiger partial charge in [0.05, 0.1) is 5.69 Å². The third-order valence-corrected chi connectivity index (χ3v) is 4.52. The third-order valence-electron chi connectivity index (χ3n) is 4.25. The number of carbonyl (C=O) groups is 1. The van der Waals surface area contributed by atoms with Crippen LogP contribution >= 0.6 is 11.6 Å². The quantitative estimate of drug-likeness (QED) is 0.688. The lowest BCUT2D eigenvalue weighted by Crippen LogP contribution is -2.43. The van der Waals surface area contributed by atoms with Crippen molar-refractivity contribution in [3.05, 3.63) is 22.5 Å². The SMILES string of the molecule is CCC(CC)N(c1cc(C)nc(Cl)c1C(=O)O)C(CC)CC. The molecule has 1 aromatic heterocycles. The number of carboxylic acid groups (broad SMARTS) is 1. The summed E-state index contributed by atoms with van der Waals surface area (Å²) in [6.07, 6.45) is 3.85. The molecule has 0 aromatic carbocycles. The van der Waals surface area contributed by atoms with E-state index in [-0.39, 0.29) is 10.7 Å². The predicted molar refractivity (Wildman–Crippen MR) is 92.2 cm³/mol. The number of pyridine rings is 1. The van der Waals surface area contributed by atoms with E-state index in [0.29, 0.717) is 17.8 Å². The Morgan fingerprint density at radius 2 is 1.64 bits per heavy atom. The van der Waals surface area contributed by atoms with Crippen LogP contribution in [0.1, 0.15) is 69.4 Å². The summed E-state index contributed by atoms with van der Waals surface area (Å²) < 4.78 is 0. The fraction of sp³-hybridized carbons (Fsp3) is 0.647. The van der Waals surface area contributed by atoms with Gasteiger partial charge in [0.15, 0.2) is 0 Å². The van der Waals surface area contributed by atoms with Gasteiger partial charge in [-0.15, -0.1) is 0 Å². The van der Waals surface area contributed by atoms with Gasteiger partial charge in [-0.1, -0.05) is 39.3 Å². The summed E-state index contributed by atoms with van der Waals surface area (Å²) in [5, 5.41) is 9.66. The lowest BCUT2D eigenvalue weighted by molar-refractivity contribution is 0.0697. The van der Waals surface area contributed by atoms with Crippen molar-refractivity contribution in [2.75, 3.05) is 4.90 Å². The summed E-state index contributed by atoms with van der Waals surface area (Å²) in [6, 6.07) is 2.44. The number of aromatic carboxylic acids is 1. The monoisotopic (exact) mass is 326 g/mol. The number of anilines is 1. The first-order chi connectivity index (χ1) is 10.4. The first-order valence-corrected chi connectivity index (χ1v) is 8.47. The maximum atomic E-state index is 11.7. The third kappa shape index (κ3) is 3.92. The Hall–Kier alpha value is -1.29. The van der Waals surface area contributed by atoms with E-state index in [4.69, 9.17) is 11.6 Å². The van der Waals surface area contributed by atoms with Gasteiger partial charge in [0.1, 0.15) is 10.7 Å². The second-order valence-electron chi connectivity index (χ2n) is 5.60. The van der Waals surface area contributed by atoms with Crippen molar-refractivity contribution in [3.8, 4) is 0 Å². The van der Waals surface area contributed by atoms with Crippen LogP contribution in [0.3, 0.4) is 0 Å². The molecule has 124 valence electrons. The zero-order valence-electron chi connectivity index (χ0n) is 14.2. The molecule has 0 aliphatic carbocycles. The highest BCUT2D eigenvalue weighted by Crippen LogP contribution is 2.33. The number of aromatic nitrogens is 1. The minimum absolute atomic E-state index is 0.0735. The minimum Gasteiger partial charge on any atom is -0.478 e. The highest BCUT2D eigenvalue weighted by atomic mass is 35.5. The van der Waals surface area contributed by atoms with Crippen LogP contribution in [0.15, 0.2) is 6.07 Å². The molecule has 0 aliphatic heterocycles. The summed E-state index contributed by atoms with van der Waals surface area (Å²) in [6.45, 7) is 10.4. The van der Waals surface area contributed by atoms with E-state index in [9.17, 15) is 9.90 Å². The molecule has 0 aliphatic rings. The Bertz CT molecular complexity index is 500. The number of hydrogen-bond donors (Lipinski definition) is 1. The van der Waals surface area contributed by atoms with Crippen molar-refractivity contribution < 1.29 is 9.90 Å². The minimum atomic E-state index is -1.02. The molecule has 0 spiro atoms. The molecule has 0 saturated heterocycles. The van der Waals surface area contributed by atoms with Crippen LogP contribution in [-0.4, -0.2) is 28.1 Å². The number of hydrogen-bond acceptors (Lipinski definition) is 3. The topological polar surface area (TPSA) is 53.4 Å². The average Bonchev–Trinajstić information content (AvgIpc) is 2.46. The molecule has 0 amide bonds. The number of aryl methyl sites for hydroxylation is 1. The zero-order chi connectivity index (χ0) is 16.9. The van der Waals surface area contributed by atoms with Gasteiger partial charge in [-0.2, -0.15) is 0 Å². The highest BCUT2D eigenvalue weighted by Gasteiger charge is 2.28. The molecule has 1 heterocycles. The van der Waals surface area contributed by atoms with E-state index in [2.05, 4.69) is 37.6 Å². The second-order valence-corrected chi connectivity index (χ2v) is 5.96. The lowest BCUT2D eigenvalue weighted by atomic mass is 10.0. The first-order valence-electron chi connectivity index (χ1n) is 8.09. The van der Waals surface area contributed by atoms with E-state index in [1.807, 2.05) is 13.0 Å². The van der Waals surface area contributed by atoms with Crippen molar-refractivity contribution >= 4 is 23.3 Å². The summed E-state index contributed by atoms with van der Waals surface area (Å²) >= 11 is 6.14. The molecule has 1 N–H and O–H groups in total. The van der Waals surface area contributed by atoms with E-state index >= 15 is 0 Å². The molecule has 1 aromatic rings. The number of rotatable bonds is 8. The second kappa shape index (κ2) is 8.37. The van der Waals surface area contributed by atoms with Gasteiger partial charge in [0, 0.05) is 17.8 Å². The number of carboxylic acids is 1. The van der Waals surface area contributed by atoms with Gasteiger partial charge < -0.3 is 10.0 Å². The van der Waals surface area contributed by atoms with Crippen LogP contribution in [-0.2, 0) is 0 Å². The van der Waals surface area contributed by atoms with Gasteiger partial charge in [-0.25, -0.2) is 9.78 Å². The Morgan fingerprint density at radius 3 is 2.00 bits per heavy atom. The predicted octanol–water partition coefficient (Wildman–Crippen LogP) is 4.93. The molecule has 0 radical (unpaired) electrons. The normalized spacial score (nSPS) is 11.3. The maximum absolute atomic E-state index is 11.7. The molecule has 5 heteroatoms. The van der Waals surface area contributed by atoms with E-state index in [0.717, 1.165) is 31.4 Å². The zero-order valence-corrected chi connectivity index (χ0v) is 14.9. The Kier molecular flexibility index (Phi) is 7.14. The fourth-order valence-electron chi connectivity index (χ4n) is 3.08. The summed E-state index contributed by atoms with van der Waals surface area (Å²) in [5.41, 5.74) is 1.56. The van der Waals surface area contributed by atoms with Gasteiger partial charge in [0.25, 0.3) is 0 Å². The van der Waals surface area contributed by atoms with Crippen molar-refractivity contribution in [1.82, 2.24) is 4.98 Å². The molecule has 0 atom stereocenters. The molecule has 22 heavy (non-hydrogen) atoms. The van der Waals surface area contributed by atoms with Crippen molar-refractivity contribution in [3.63, 3.8) is 0 Å². The summed E-state index contributed by atoms with van der Waals surface area (Å²) in [5.74, 6) is -1.02. The van der Waals surface area contributed by atoms with Gasteiger partial charge in [-0.3, -0.25) is 0 Å².